The first-order valence-electron chi connectivity index (χ1n) is 8.06. The maximum Gasteiger partial charge on any atom is 0.317 e. The molecule has 1 N–H and O–H groups in total. The van der Waals surface area contributed by atoms with E-state index in [9.17, 15) is 9.59 Å². The number of nitrogens with zero attached hydrogens (tertiary/aromatic N) is 2. The molecule has 1 saturated heterocycles. The van der Waals surface area contributed by atoms with E-state index in [0.717, 1.165) is 11.1 Å². The van der Waals surface area contributed by atoms with E-state index >= 15 is 0 Å². The molecule has 1 aliphatic heterocycles. The van der Waals surface area contributed by atoms with E-state index in [0.29, 0.717) is 39.4 Å². The van der Waals surface area contributed by atoms with Crippen LogP contribution in [0.4, 0.5) is 4.79 Å². The highest BCUT2D eigenvalue weighted by Crippen LogP contribution is 2.06. The fraction of sp³-hybridized carbons (Fsp3) is 0.333. The van der Waals surface area contributed by atoms with Crippen molar-refractivity contribution in [1.29, 1.82) is 0 Å². The van der Waals surface area contributed by atoms with E-state index in [2.05, 4.69) is 5.32 Å². The molecule has 1 aromatic heterocycles. The van der Waals surface area contributed by atoms with Gasteiger partial charge in [0.25, 0.3) is 5.56 Å². The maximum atomic E-state index is 12.0. The van der Waals surface area contributed by atoms with Crippen molar-refractivity contribution in [3.05, 3.63) is 70.1 Å². The molecule has 1 aliphatic rings. The van der Waals surface area contributed by atoms with E-state index in [1.54, 1.807) is 27.8 Å². The minimum atomic E-state index is -0.0572. The summed E-state index contributed by atoms with van der Waals surface area (Å²) in [5, 5.41) is 2.92. The van der Waals surface area contributed by atoms with Crippen molar-refractivity contribution in [2.75, 3.05) is 26.3 Å². The van der Waals surface area contributed by atoms with Gasteiger partial charge < -0.3 is 19.5 Å². The summed E-state index contributed by atoms with van der Waals surface area (Å²) < 4.78 is 6.90. The summed E-state index contributed by atoms with van der Waals surface area (Å²) in [6.07, 6.45) is 1.78. The Bertz CT molecular complexity index is 734. The monoisotopic (exact) mass is 327 g/mol. The molecule has 2 amide bonds. The Morgan fingerprint density at radius 3 is 2.46 bits per heavy atom. The van der Waals surface area contributed by atoms with E-state index < -0.39 is 0 Å². The zero-order valence-electron chi connectivity index (χ0n) is 13.5. The maximum absolute atomic E-state index is 12.0. The third kappa shape index (κ3) is 4.23. The van der Waals surface area contributed by atoms with Gasteiger partial charge in [-0.3, -0.25) is 4.79 Å². The Morgan fingerprint density at radius 2 is 1.75 bits per heavy atom. The fourth-order valence-corrected chi connectivity index (χ4v) is 2.61. The number of nitrogens with one attached hydrogen (secondary N) is 1. The van der Waals surface area contributed by atoms with Gasteiger partial charge in [0.05, 0.1) is 19.8 Å². The number of carbonyl (C=O) groups is 1. The third-order valence-corrected chi connectivity index (χ3v) is 4.02. The average molecular weight is 327 g/mol. The molecule has 6 heteroatoms. The van der Waals surface area contributed by atoms with E-state index in [4.69, 9.17) is 4.74 Å². The number of rotatable bonds is 4. The van der Waals surface area contributed by atoms with Crippen molar-refractivity contribution < 1.29 is 9.53 Å². The molecular weight excluding hydrogens is 306 g/mol. The molecule has 2 heterocycles. The van der Waals surface area contributed by atoms with Crippen LogP contribution < -0.4 is 10.9 Å². The number of urea groups is 1. The van der Waals surface area contributed by atoms with Crippen molar-refractivity contribution >= 4 is 6.03 Å². The van der Waals surface area contributed by atoms with Crippen LogP contribution in [0.15, 0.2) is 53.5 Å². The molecule has 2 aromatic rings. The summed E-state index contributed by atoms with van der Waals surface area (Å²) in [4.78, 5) is 25.5. The van der Waals surface area contributed by atoms with Gasteiger partial charge >= 0.3 is 6.03 Å². The number of benzene rings is 1. The Hall–Kier alpha value is -2.60. The molecule has 3 rings (SSSR count). The normalized spacial score (nSPS) is 14.4. The van der Waals surface area contributed by atoms with Crippen LogP contribution in [0, 0.1) is 0 Å². The summed E-state index contributed by atoms with van der Waals surface area (Å²) >= 11 is 0. The van der Waals surface area contributed by atoms with E-state index in [-0.39, 0.29) is 11.6 Å². The summed E-state index contributed by atoms with van der Waals surface area (Å²) in [5.74, 6) is 0. The van der Waals surface area contributed by atoms with E-state index in [1.165, 1.54) is 0 Å². The number of hydrogen-bond donors (Lipinski definition) is 1. The number of pyridine rings is 1. The third-order valence-electron chi connectivity index (χ3n) is 4.02. The fourth-order valence-electron chi connectivity index (χ4n) is 2.61. The number of amides is 2. The first kappa shape index (κ1) is 16.3. The zero-order valence-corrected chi connectivity index (χ0v) is 13.5. The molecular formula is C18H21N3O3. The van der Waals surface area contributed by atoms with Crippen LogP contribution in [0.2, 0.25) is 0 Å². The van der Waals surface area contributed by atoms with Gasteiger partial charge in [-0.05, 0) is 17.2 Å². The lowest BCUT2D eigenvalue weighted by Crippen LogP contribution is -2.45. The van der Waals surface area contributed by atoms with Gasteiger partial charge in [0.15, 0.2) is 0 Å². The van der Waals surface area contributed by atoms with Crippen LogP contribution in [0.1, 0.15) is 11.1 Å². The molecule has 0 unspecified atom stereocenters. The van der Waals surface area contributed by atoms with Gasteiger partial charge in [-0.15, -0.1) is 0 Å². The molecule has 0 radical (unpaired) electrons. The van der Waals surface area contributed by atoms with Crippen molar-refractivity contribution in [2.45, 2.75) is 13.1 Å². The van der Waals surface area contributed by atoms with Gasteiger partial charge in [-0.1, -0.05) is 30.3 Å². The quantitative estimate of drug-likeness (QED) is 0.924. The highest BCUT2D eigenvalue weighted by Gasteiger charge is 2.15. The number of ether oxygens (including phenoxy) is 1. The molecule has 126 valence electrons. The van der Waals surface area contributed by atoms with Crippen LogP contribution in [0.3, 0.4) is 0 Å². The molecule has 0 atom stereocenters. The van der Waals surface area contributed by atoms with Crippen LogP contribution in [-0.4, -0.2) is 41.8 Å². The highest BCUT2D eigenvalue weighted by molar-refractivity contribution is 5.74. The summed E-state index contributed by atoms with van der Waals surface area (Å²) in [7, 11) is 0. The lowest BCUT2D eigenvalue weighted by Gasteiger charge is -2.26. The average Bonchev–Trinajstić information content (AvgIpc) is 2.63. The van der Waals surface area contributed by atoms with Crippen LogP contribution in [0.5, 0.6) is 0 Å². The smallest absolute Gasteiger partial charge is 0.317 e. The Balaban J connectivity index is 1.54. The first-order chi connectivity index (χ1) is 11.7. The molecule has 1 fully saturated rings. The standard InChI is InChI=1S/C18H21N3O3/c22-17-3-1-2-8-21(17)14-16-6-4-15(5-7-16)13-19-18(23)20-9-11-24-12-10-20/h1-8H,9-14H2,(H,19,23). The summed E-state index contributed by atoms with van der Waals surface area (Å²) in [5.41, 5.74) is 2.06. The first-order valence-corrected chi connectivity index (χ1v) is 8.06. The number of carbonyl (C=O) groups excluding carboxylic acids is 1. The Kier molecular flexibility index (Phi) is 5.28. The number of morpholine rings is 1. The van der Waals surface area contributed by atoms with Crippen molar-refractivity contribution in [1.82, 2.24) is 14.8 Å². The van der Waals surface area contributed by atoms with Gasteiger partial charge in [-0.2, -0.15) is 0 Å². The molecule has 24 heavy (non-hydrogen) atoms. The highest BCUT2D eigenvalue weighted by atomic mass is 16.5. The SMILES string of the molecule is O=C(NCc1ccc(Cn2ccccc2=O)cc1)N1CCOCC1. The molecule has 1 aromatic carbocycles. The van der Waals surface area contributed by atoms with Crippen molar-refractivity contribution in [2.24, 2.45) is 0 Å². The largest absolute Gasteiger partial charge is 0.378 e. The van der Waals surface area contributed by atoms with Crippen LogP contribution in [0.25, 0.3) is 0 Å². The van der Waals surface area contributed by atoms with Gasteiger partial charge in [0.1, 0.15) is 0 Å². The number of aromatic nitrogens is 1. The Morgan fingerprint density at radius 1 is 1.04 bits per heavy atom. The molecule has 0 spiro atoms. The molecule has 0 saturated carbocycles. The zero-order chi connectivity index (χ0) is 16.8. The van der Waals surface area contributed by atoms with Crippen LogP contribution >= 0.6 is 0 Å². The number of hydrogen-bond acceptors (Lipinski definition) is 3. The van der Waals surface area contributed by atoms with Gasteiger partial charge in [0, 0.05) is 31.9 Å². The molecule has 0 bridgehead atoms. The topological polar surface area (TPSA) is 63.6 Å². The predicted octanol–water partition coefficient (Wildman–Crippen LogP) is 1.44. The second-order valence-electron chi connectivity index (χ2n) is 5.74. The summed E-state index contributed by atoms with van der Waals surface area (Å²) in [6.45, 7) is 3.50. The van der Waals surface area contributed by atoms with Gasteiger partial charge in [0.2, 0.25) is 0 Å². The summed E-state index contributed by atoms with van der Waals surface area (Å²) in [6, 6.07) is 13.0. The lowest BCUT2D eigenvalue weighted by atomic mass is 10.1. The lowest BCUT2D eigenvalue weighted by molar-refractivity contribution is 0.0531. The van der Waals surface area contributed by atoms with Crippen molar-refractivity contribution in [3.63, 3.8) is 0 Å². The van der Waals surface area contributed by atoms with Crippen LogP contribution in [-0.2, 0) is 17.8 Å². The predicted molar refractivity (Wildman–Crippen MR) is 90.9 cm³/mol. The van der Waals surface area contributed by atoms with Crippen molar-refractivity contribution in [3.8, 4) is 0 Å². The second kappa shape index (κ2) is 7.79. The second-order valence-corrected chi connectivity index (χ2v) is 5.74. The minimum Gasteiger partial charge on any atom is -0.378 e. The van der Waals surface area contributed by atoms with E-state index in [1.807, 2.05) is 30.3 Å². The Labute approximate surface area is 140 Å². The molecule has 0 aliphatic carbocycles. The minimum absolute atomic E-state index is 0.0145. The molecule has 6 nitrogen and oxygen atoms in total. The van der Waals surface area contributed by atoms with Gasteiger partial charge in [-0.25, -0.2) is 4.79 Å².